The summed E-state index contributed by atoms with van der Waals surface area (Å²) in [6.45, 7) is 2.33. The van der Waals surface area contributed by atoms with E-state index in [-0.39, 0.29) is 0 Å². The van der Waals surface area contributed by atoms with Gasteiger partial charge < -0.3 is 4.74 Å². The first kappa shape index (κ1) is 12.4. The van der Waals surface area contributed by atoms with Gasteiger partial charge in [0.15, 0.2) is 10.9 Å². The van der Waals surface area contributed by atoms with E-state index in [9.17, 15) is 0 Å². The van der Waals surface area contributed by atoms with E-state index in [1.54, 1.807) is 23.0 Å². The third kappa shape index (κ3) is 2.61. The largest absolute Gasteiger partial charge is 0.484 e. The van der Waals surface area contributed by atoms with Gasteiger partial charge in [0.1, 0.15) is 6.61 Å². The van der Waals surface area contributed by atoms with E-state index in [1.165, 1.54) is 0 Å². The van der Waals surface area contributed by atoms with Gasteiger partial charge in [-0.3, -0.25) is 4.68 Å². The summed E-state index contributed by atoms with van der Waals surface area (Å²) in [5, 5.41) is 4.65. The molecule has 0 saturated carbocycles. The Morgan fingerprint density at radius 2 is 2.29 bits per heavy atom. The lowest BCUT2D eigenvalue weighted by Crippen LogP contribution is -2.04. The van der Waals surface area contributed by atoms with Gasteiger partial charge >= 0.3 is 0 Å². The number of nitrogens with zero attached hydrogens (tertiary/aromatic N) is 3. The quantitative estimate of drug-likeness (QED) is 0.817. The molecule has 17 heavy (non-hydrogen) atoms. The Balaban J connectivity index is 2.15. The lowest BCUT2D eigenvalue weighted by molar-refractivity contribution is 0.293. The minimum Gasteiger partial charge on any atom is -0.484 e. The van der Waals surface area contributed by atoms with Crippen molar-refractivity contribution in [2.75, 3.05) is 0 Å². The molecule has 6 heteroatoms. The van der Waals surface area contributed by atoms with Crippen LogP contribution in [0.1, 0.15) is 11.4 Å². The highest BCUT2D eigenvalue weighted by atomic mass is 79.9. The lowest BCUT2D eigenvalue weighted by Gasteiger charge is -2.07. The third-order valence-electron chi connectivity index (χ3n) is 2.35. The molecule has 0 radical (unpaired) electrons. The maximum Gasteiger partial charge on any atom is 0.171 e. The number of aromatic nitrogens is 3. The zero-order chi connectivity index (χ0) is 12.4. The Morgan fingerprint density at radius 3 is 2.88 bits per heavy atom. The molecule has 0 aromatic carbocycles. The molecule has 0 saturated heterocycles. The molecule has 0 atom stereocenters. The Labute approximate surface area is 113 Å². The topological polar surface area (TPSA) is 39.9 Å². The van der Waals surface area contributed by atoms with E-state index < -0.39 is 0 Å². The summed E-state index contributed by atoms with van der Waals surface area (Å²) < 4.78 is 8.35. The van der Waals surface area contributed by atoms with Crippen molar-refractivity contribution in [3.63, 3.8) is 0 Å². The van der Waals surface area contributed by atoms with Gasteiger partial charge in [0, 0.05) is 13.2 Å². The smallest absolute Gasteiger partial charge is 0.171 e. The van der Waals surface area contributed by atoms with Crippen LogP contribution in [0.5, 0.6) is 5.75 Å². The second-order valence-electron chi connectivity index (χ2n) is 3.55. The van der Waals surface area contributed by atoms with Crippen LogP contribution in [0.25, 0.3) is 0 Å². The van der Waals surface area contributed by atoms with Crippen LogP contribution in [0, 0.1) is 6.92 Å². The van der Waals surface area contributed by atoms with Crippen LogP contribution in [-0.4, -0.2) is 14.8 Å². The second-order valence-corrected chi connectivity index (χ2v) is 4.70. The van der Waals surface area contributed by atoms with Crippen molar-refractivity contribution in [2.24, 2.45) is 7.05 Å². The molecule has 0 fully saturated rings. The van der Waals surface area contributed by atoms with Gasteiger partial charge in [-0.05, 0) is 35.0 Å². The molecule has 0 N–H and O–H groups in total. The molecule has 4 nitrogen and oxygen atoms in total. The van der Waals surface area contributed by atoms with Crippen molar-refractivity contribution >= 4 is 27.5 Å². The highest BCUT2D eigenvalue weighted by Gasteiger charge is 2.11. The summed E-state index contributed by atoms with van der Waals surface area (Å²) in [6, 6.07) is 3.57. The second kappa shape index (κ2) is 5.06. The van der Waals surface area contributed by atoms with Gasteiger partial charge in [-0.15, -0.1) is 0 Å². The number of hydrogen-bond donors (Lipinski definition) is 0. The minimum atomic E-state index is 0.363. The molecule has 2 aromatic rings. The van der Waals surface area contributed by atoms with Crippen LogP contribution in [0.3, 0.4) is 0 Å². The number of pyridine rings is 1. The maximum atomic E-state index is 5.91. The highest BCUT2D eigenvalue weighted by Crippen LogP contribution is 2.25. The maximum absolute atomic E-state index is 5.91. The Morgan fingerprint density at radius 1 is 1.53 bits per heavy atom. The zero-order valence-electron chi connectivity index (χ0n) is 9.44. The fourth-order valence-electron chi connectivity index (χ4n) is 1.46. The summed E-state index contributed by atoms with van der Waals surface area (Å²) in [5.41, 5.74) is 1.89. The first-order valence-electron chi connectivity index (χ1n) is 5.01. The molecule has 0 unspecified atom stereocenters. The molecular weight excluding hydrogens is 305 g/mol. The number of ether oxygens (including phenoxy) is 1. The summed E-state index contributed by atoms with van der Waals surface area (Å²) in [6.07, 6.45) is 1.62. The fraction of sp³-hybridized carbons (Fsp3) is 0.273. The Hall–Kier alpha value is -1.07. The normalized spacial score (nSPS) is 10.6. The number of rotatable bonds is 3. The summed E-state index contributed by atoms with van der Waals surface area (Å²) in [4.78, 5) is 3.95. The van der Waals surface area contributed by atoms with Crippen LogP contribution in [0.15, 0.2) is 22.8 Å². The first-order chi connectivity index (χ1) is 8.09. The van der Waals surface area contributed by atoms with Gasteiger partial charge in [0.2, 0.25) is 0 Å². The van der Waals surface area contributed by atoms with Crippen molar-refractivity contribution in [3.8, 4) is 5.75 Å². The van der Waals surface area contributed by atoms with E-state index >= 15 is 0 Å². The van der Waals surface area contributed by atoms with Gasteiger partial charge in [-0.2, -0.15) is 5.10 Å². The Bertz CT molecular complexity index is 542. The summed E-state index contributed by atoms with van der Waals surface area (Å²) >= 11 is 9.39. The van der Waals surface area contributed by atoms with Gasteiger partial charge in [0.05, 0.1) is 15.9 Å². The van der Waals surface area contributed by atoms with Crippen molar-refractivity contribution in [1.82, 2.24) is 14.8 Å². The fourth-order valence-corrected chi connectivity index (χ4v) is 2.09. The van der Waals surface area contributed by atoms with E-state index in [0.717, 1.165) is 15.9 Å². The predicted molar refractivity (Wildman–Crippen MR) is 69.2 cm³/mol. The zero-order valence-corrected chi connectivity index (χ0v) is 11.8. The predicted octanol–water partition coefficient (Wildman–Crippen LogP) is 3.12. The van der Waals surface area contributed by atoms with Crippen molar-refractivity contribution < 1.29 is 4.74 Å². The first-order valence-corrected chi connectivity index (χ1v) is 6.18. The van der Waals surface area contributed by atoms with Crippen molar-refractivity contribution in [3.05, 3.63) is 39.3 Å². The van der Waals surface area contributed by atoms with Gasteiger partial charge in [0.25, 0.3) is 0 Å². The monoisotopic (exact) mass is 315 g/mol. The SMILES string of the molecule is Cc1nn(C)c(COc2cccnc2Cl)c1Br. The standard InChI is InChI=1S/C11H11BrClN3O/c1-7-10(12)8(16(2)15-7)6-17-9-4-3-5-14-11(9)13/h3-5H,6H2,1-2H3. The molecule has 2 rings (SSSR count). The van der Waals surface area contributed by atoms with E-state index in [2.05, 4.69) is 26.0 Å². The van der Waals surface area contributed by atoms with Crippen LogP contribution < -0.4 is 4.74 Å². The van der Waals surface area contributed by atoms with Crippen LogP contribution >= 0.6 is 27.5 Å². The number of halogens is 2. The van der Waals surface area contributed by atoms with Crippen molar-refractivity contribution in [1.29, 1.82) is 0 Å². The average molecular weight is 317 g/mol. The lowest BCUT2D eigenvalue weighted by atomic mass is 10.4. The van der Waals surface area contributed by atoms with Gasteiger partial charge in [-0.25, -0.2) is 4.98 Å². The molecule has 2 heterocycles. The third-order valence-corrected chi connectivity index (χ3v) is 3.67. The number of hydrogen-bond acceptors (Lipinski definition) is 3. The summed E-state index contributed by atoms with van der Waals surface area (Å²) in [5.74, 6) is 0.569. The van der Waals surface area contributed by atoms with Crippen LogP contribution in [-0.2, 0) is 13.7 Å². The minimum absolute atomic E-state index is 0.363. The summed E-state index contributed by atoms with van der Waals surface area (Å²) in [7, 11) is 1.88. The highest BCUT2D eigenvalue weighted by molar-refractivity contribution is 9.10. The Kier molecular flexibility index (Phi) is 3.69. The molecule has 0 aliphatic heterocycles. The van der Waals surface area contributed by atoms with Crippen molar-refractivity contribution in [2.45, 2.75) is 13.5 Å². The van der Waals surface area contributed by atoms with E-state index in [4.69, 9.17) is 16.3 Å². The molecule has 0 amide bonds. The molecule has 0 aliphatic rings. The molecule has 90 valence electrons. The van der Waals surface area contributed by atoms with E-state index in [0.29, 0.717) is 17.5 Å². The van der Waals surface area contributed by atoms with Gasteiger partial charge in [-0.1, -0.05) is 11.6 Å². The van der Waals surface area contributed by atoms with E-state index in [1.807, 2.05) is 14.0 Å². The molecule has 0 spiro atoms. The molecule has 2 aromatic heterocycles. The number of aryl methyl sites for hydroxylation is 2. The molecule has 0 aliphatic carbocycles. The average Bonchev–Trinajstić information content (AvgIpc) is 2.53. The van der Waals surface area contributed by atoms with Crippen LogP contribution in [0.2, 0.25) is 5.15 Å². The molecular formula is C11H11BrClN3O. The molecule has 0 bridgehead atoms. The van der Waals surface area contributed by atoms with Crippen LogP contribution in [0.4, 0.5) is 0 Å².